The first-order chi connectivity index (χ1) is 28.7. The molecule has 0 bridgehead atoms. The van der Waals surface area contributed by atoms with Crippen molar-refractivity contribution in [3.63, 3.8) is 0 Å². The van der Waals surface area contributed by atoms with Crippen LogP contribution in [0.1, 0.15) is 243 Å². The molecule has 2 aromatic rings. The second-order valence-corrected chi connectivity index (χ2v) is 18.4. The molecule has 0 amide bonds. The minimum Gasteiger partial charge on any atom is -0.508 e. The van der Waals surface area contributed by atoms with Crippen molar-refractivity contribution < 1.29 is 29.3 Å². The summed E-state index contributed by atoms with van der Waals surface area (Å²) in [5, 5.41) is 21.4. The number of phenols is 2. The third-order valence-corrected chi connectivity index (χ3v) is 12.1. The average molecular weight is 821 g/mol. The summed E-state index contributed by atoms with van der Waals surface area (Å²) in [4.78, 5) is 27.2. The number of benzene rings is 2. The van der Waals surface area contributed by atoms with Gasteiger partial charge in [0.15, 0.2) is 0 Å². The number of carbonyl (C=O) groups excluding carboxylic acids is 2. The molecule has 0 aliphatic heterocycles. The molecular formula is C53H88O6. The van der Waals surface area contributed by atoms with E-state index in [1.807, 2.05) is 38.1 Å². The highest BCUT2D eigenvalue weighted by molar-refractivity contribution is 5.80. The molecule has 0 saturated carbocycles. The van der Waals surface area contributed by atoms with E-state index in [9.17, 15) is 19.8 Å². The van der Waals surface area contributed by atoms with Crippen LogP contribution in [0.4, 0.5) is 0 Å². The maximum atomic E-state index is 13.6. The highest BCUT2D eigenvalue weighted by atomic mass is 16.5. The van der Waals surface area contributed by atoms with Crippen LogP contribution < -0.4 is 0 Å². The molecule has 0 radical (unpaired) electrons. The van der Waals surface area contributed by atoms with Crippen LogP contribution in [0.25, 0.3) is 0 Å². The topological polar surface area (TPSA) is 93.1 Å². The largest absolute Gasteiger partial charge is 0.508 e. The van der Waals surface area contributed by atoms with Gasteiger partial charge < -0.3 is 19.7 Å². The fourth-order valence-electron chi connectivity index (χ4n) is 8.23. The van der Waals surface area contributed by atoms with Crippen molar-refractivity contribution in [1.82, 2.24) is 0 Å². The van der Waals surface area contributed by atoms with E-state index in [1.54, 1.807) is 24.3 Å². The van der Waals surface area contributed by atoms with Crippen molar-refractivity contribution in [1.29, 1.82) is 0 Å². The van der Waals surface area contributed by atoms with E-state index in [2.05, 4.69) is 13.8 Å². The van der Waals surface area contributed by atoms with Crippen molar-refractivity contribution in [2.45, 2.75) is 232 Å². The van der Waals surface area contributed by atoms with Gasteiger partial charge in [-0.2, -0.15) is 0 Å². The summed E-state index contributed by atoms with van der Waals surface area (Å²) in [5.41, 5.74) is 0.581. The summed E-state index contributed by atoms with van der Waals surface area (Å²) in [6.45, 7) is 8.56. The normalized spacial score (nSPS) is 12.7. The zero-order valence-corrected chi connectivity index (χ0v) is 38.4. The molecule has 2 aromatic carbocycles. The lowest BCUT2D eigenvalue weighted by Crippen LogP contribution is -2.31. The van der Waals surface area contributed by atoms with E-state index in [0.717, 1.165) is 38.5 Å². The first-order valence-electron chi connectivity index (χ1n) is 24.6. The Morgan fingerprint density at radius 1 is 0.441 bits per heavy atom. The molecule has 0 aliphatic rings. The van der Waals surface area contributed by atoms with Gasteiger partial charge >= 0.3 is 11.9 Å². The summed E-state index contributed by atoms with van der Waals surface area (Å²) in [7, 11) is 0. The molecule has 2 rings (SSSR count). The number of hydrogen-bond donors (Lipinski definition) is 2. The number of hydrogen-bond acceptors (Lipinski definition) is 6. The number of ether oxygens (including phenoxy) is 2. The molecule has 6 heteroatoms. The Balaban J connectivity index is 1.77. The van der Waals surface area contributed by atoms with Crippen LogP contribution in [-0.2, 0) is 19.1 Å². The number of para-hydroxylation sites is 2. The van der Waals surface area contributed by atoms with E-state index in [1.165, 1.54) is 141 Å². The molecule has 0 saturated heterocycles. The van der Waals surface area contributed by atoms with Gasteiger partial charge in [-0.15, -0.1) is 0 Å². The van der Waals surface area contributed by atoms with Gasteiger partial charge in [0.05, 0.1) is 25.0 Å². The van der Waals surface area contributed by atoms with Gasteiger partial charge in [0, 0.05) is 16.5 Å². The quantitative estimate of drug-likeness (QED) is 0.0518. The number of rotatable bonds is 38. The second-order valence-electron chi connectivity index (χ2n) is 18.4. The van der Waals surface area contributed by atoms with Crippen LogP contribution in [0.5, 0.6) is 11.5 Å². The fraction of sp³-hybridized carbons (Fsp3) is 0.736. The minimum absolute atomic E-state index is 0.0855. The Labute approximate surface area is 362 Å². The average Bonchev–Trinajstić information content (AvgIpc) is 3.23. The van der Waals surface area contributed by atoms with E-state index < -0.39 is 17.3 Å². The Morgan fingerprint density at radius 3 is 0.966 bits per heavy atom. The zero-order chi connectivity index (χ0) is 42.8. The van der Waals surface area contributed by atoms with Gasteiger partial charge in [0.2, 0.25) is 0 Å². The number of aromatic hydroxyl groups is 2. The molecule has 2 atom stereocenters. The van der Waals surface area contributed by atoms with Gasteiger partial charge in [-0.1, -0.05) is 244 Å². The van der Waals surface area contributed by atoms with E-state index in [4.69, 9.17) is 9.47 Å². The smallest absolute Gasteiger partial charge is 0.313 e. The molecule has 59 heavy (non-hydrogen) atoms. The van der Waals surface area contributed by atoms with Crippen LogP contribution in [-0.4, -0.2) is 35.4 Å². The second kappa shape index (κ2) is 33.7. The van der Waals surface area contributed by atoms with Crippen molar-refractivity contribution >= 4 is 11.9 Å². The summed E-state index contributed by atoms with van der Waals surface area (Å²) in [5.74, 6) is -1.59. The fourth-order valence-corrected chi connectivity index (χ4v) is 8.23. The van der Waals surface area contributed by atoms with Gasteiger partial charge in [0.25, 0.3) is 0 Å². The third kappa shape index (κ3) is 24.7. The van der Waals surface area contributed by atoms with Crippen molar-refractivity contribution in [3.8, 4) is 11.5 Å². The predicted octanol–water partition coefficient (Wildman–Crippen LogP) is 15.8. The zero-order valence-electron chi connectivity index (χ0n) is 38.4. The molecule has 336 valence electrons. The van der Waals surface area contributed by atoms with Crippen LogP contribution in [0.15, 0.2) is 48.5 Å². The van der Waals surface area contributed by atoms with Gasteiger partial charge in [0.1, 0.15) is 11.5 Å². The van der Waals surface area contributed by atoms with Crippen molar-refractivity contribution in [3.05, 3.63) is 59.7 Å². The van der Waals surface area contributed by atoms with Crippen LogP contribution in [0.2, 0.25) is 0 Å². The number of carbonyl (C=O) groups is 2. The van der Waals surface area contributed by atoms with E-state index >= 15 is 0 Å². The monoisotopic (exact) mass is 821 g/mol. The molecule has 2 N–H and O–H groups in total. The summed E-state index contributed by atoms with van der Waals surface area (Å²) in [6.07, 6.45) is 36.8. The number of phenolic OH excluding ortho intramolecular Hbond substituents is 2. The third-order valence-electron chi connectivity index (χ3n) is 12.1. The molecule has 6 nitrogen and oxygen atoms in total. The lowest BCUT2D eigenvalue weighted by Gasteiger charge is -2.27. The Hall–Kier alpha value is -3.02. The highest BCUT2D eigenvalue weighted by Crippen LogP contribution is 2.34. The number of unbranched alkanes of at least 4 members (excludes halogenated alkanes) is 26. The van der Waals surface area contributed by atoms with E-state index in [-0.39, 0.29) is 36.7 Å². The molecule has 0 fully saturated rings. The molecule has 0 aliphatic carbocycles. The number of esters is 2. The summed E-state index contributed by atoms with van der Waals surface area (Å²) in [6, 6.07) is 14.1. The highest BCUT2D eigenvalue weighted by Gasteiger charge is 2.30. The maximum Gasteiger partial charge on any atom is 0.313 e. The molecular weight excluding hydrogens is 733 g/mol. The summed E-state index contributed by atoms with van der Waals surface area (Å²) >= 11 is 0. The van der Waals surface area contributed by atoms with Gasteiger partial charge in [-0.3, -0.25) is 9.59 Å². The molecule has 0 spiro atoms. The predicted molar refractivity (Wildman–Crippen MR) is 247 cm³/mol. The van der Waals surface area contributed by atoms with E-state index in [0.29, 0.717) is 24.0 Å². The molecule has 0 heterocycles. The molecule has 0 aromatic heterocycles. The Kier molecular flexibility index (Phi) is 29.7. The van der Waals surface area contributed by atoms with Crippen LogP contribution in [0.3, 0.4) is 0 Å². The van der Waals surface area contributed by atoms with Crippen LogP contribution in [0, 0.1) is 5.41 Å². The first kappa shape index (κ1) is 52.1. The first-order valence-corrected chi connectivity index (χ1v) is 24.6. The molecule has 2 unspecified atom stereocenters. The standard InChI is InChI=1S/C53H88O6/c1-5-7-9-11-13-15-17-19-21-23-25-27-29-31-39-47(45-37-33-35-41-49(45)54)51(56)58-43-53(3,4)44-59-52(57)48(46-38-34-36-42-50(46)55)40-32-30-28-26-24-22-20-18-16-14-12-10-8-6-2/h33-38,41-42,47-48,54-55H,5-32,39-40,43-44H2,1-4H3. The van der Waals surface area contributed by atoms with Gasteiger partial charge in [-0.05, 0) is 25.0 Å². The maximum absolute atomic E-state index is 13.6. The lowest BCUT2D eigenvalue weighted by molar-refractivity contribution is -0.154. The lowest BCUT2D eigenvalue weighted by atomic mass is 9.91. The SMILES string of the molecule is CCCCCCCCCCCCCCCCC(C(=O)OCC(C)(C)COC(=O)C(CCCCCCCCCCCCCCCC)c1ccccc1O)c1ccccc1O. The van der Waals surface area contributed by atoms with Crippen molar-refractivity contribution in [2.75, 3.05) is 13.2 Å². The van der Waals surface area contributed by atoms with Crippen molar-refractivity contribution in [2.24, 2.45) is 5.41 Å². The van der Waals surface area contributed by atoms with Crippen LogP contribution >= 0.6 is 0 Å². The summed E-state index contributed by atoms with van der Waals surface area (Å²) < 4.78 is 11.8. The van der Waals surface area contributed by atoms with Gasteiger partial charge in [-0.25, -0.2) is 0 Å². The Morgan fingerprint density at radius 2 is 0.695 bits per heavy atom. The Bertz CT molecular complexity index is 1240. The minimum atomic E-state index is -0.623.